The second-order valence-electron chi connectivity index (χ2n) is 4.13. The maximum absolute atomic E-state index is 13.1. The molecule has 2 aromatic rings. The summed E-state index contributed by atoms with van der Waals surface area (Å²) in [5.74, 6) is -3.68. The summed E-state index contributed by atoms with van der Waals surface area (Å²) in [4.78, 5) is 16.5. The molecule has 0 bridgehead atoms. The number of phenolic OH excluding ortho intramolecular Hbond substituents is 1. The van der Waals surface area contributed by atoms with Crippen LogP contribution in [-0.2, 0) is 11.9 Å². The number of nitrogens with one attached hydrogen (secondary N) is 1. The molecule has 0 saturated heterocycles. The van der Waals surface area contributed by atoms with Crippen LogP contribution in [-0.4, -0.2) is 15.1 Å². The van der Waals surface area contributed by atoms with Crippen LogP contribution in [0.2, 0.25) is 0 Å². The number of hydrogen-bond donors (Lipinski definition) is 2. The average Bonchev–Trinajstić information content (AvgIpc) is 2.41. The zero-order valence-corrected chi connectivity index (χ0v) is 11.4. The van der Waals surface area contributed by atoms with E-state index >= 15 is 0 Å². The second kappa shape index (κ2) is 5.95. The molecule has 0 aliphatic rings. The van der Waals surface area contributed by atoms with E-state index in [1.807, 2.05) is 0 Å². The summed E-state index contributed by atoms with van der Waals surface area (Å²) < 4.78 is 63.8. The first-order valence-electron chi connectivity index (χ1n) is 5.65. The monoisotopic (exact) mass is 338 g/mol. The molecule has 1 heterocycles. The van der Waals surface area contributed by atoms with Crippen molar-refractivity contribution in [3.8, 4) is 5.75 Å². The van der Waals surface area contributed by atoms with Crippen LogP contribution in [0.4, 0.5) is 22.0 Å². The van der Waals surface area contributed by atoms with Gasteiger partial charge in [-0.2, -0.15) is 13.2 Å². The largest absolute Gasteiger partial charge is 0.503 e. The van der Waals surface area contributed by atoms with E-state index in [2.05, 4.69) is 9.97 Å². The molecule has 0 saturated carbocycles. The number of rotatable bonds is 3. The van der Waals surface area contributed by atoms with Crippen LogP contribution in [0.1, 0.15) is 11.3 Å². The minimum absolute atomic E-state index is 0.0675. The first-order valence-corrected chi connectivity index (χ1v) is 6.63. The highest BCUT2D eigenvalue weighted by Gasteiger charge is 2.33. The molecule has 0 aliphatic carbocycles. The summed E-state index contributed by atoms with van der Waals surface area (Å²) in [5, 5.41) is 8.60. The molecule has 0 fully saturated rings. The van der Waals surface area contributed by atoms with E-state index in [1.54, 1.807) is 0 Å². The molecule has 22 heavy (non-hydrogen) atoms. The van der Waals surface area contributed by atoms with Crippen molar-refractivity contribution < 1.29 is 27.1 Å². The lowest BCUT2D eigenvalue weighted by Gasteiger charge is -2.07. The normalized spacial score (nSPS) is 11.7. The molecular formula is C12H7F5N2O2S. The average molecular weight is 338 g/mol. The number of H-pyrrole nitrogens is 1. The molecule has 2 N–H and O–H groups in total. The number of halogens is 5. The van der Waals surface area contributed by atoms with E-state index in [-0.39, 0.29) is 16.5 Å². The fourth-order valence-corrected chi connectivity index (χ4v) is 2.31. The predicted octanol–water partition coefficient (Wildman–Crippen LogP) is 3.06. The fraction of sp³-hybridized carbons (Fsp3) is 0.167. The SMILES string of the molecule is O=c1cc(C(F)(F)F)nc(SCc2cc(F)c(O)c(F)c2)[nH]1. The minimum atomic E-state index is -4.78. The van der Waals surface area contributed by atoms with Gasteiger partial charge in [0, 0.05) is 11.8 Å². The van der Waals surface area contributed by atoms with E-state index in [4.69, 9.17) is 5.11 Å². The van der Waals surface area contributed by atoms with E-state index in [0.29, 0.717) is 17.8 Å². The van der Waals surface area contributed by atoms with Crippen molar-refractivity contribution in [3.05, 3.63) is 51.4 Å². The van der Waals surface area contributed by atoms with Crippen molar-refractivity contribution in [2.75, 3.05) is 0 Å². The van der Waals surface area contributed by atoms with Crippen molar-refractivity contribution in [1.29, 1.82) is 0 Å². The van der Waals surface area contributed by atoms with Crippen LogP contribution >= 0.6 is 11.8 Å². The third kappa shape index (κ3) is 3.75. The quantitative estimate of drug-likeness (QED) is 0.513. The van der Waals surface area contributed by atoms with Crippen molar-refractivity contribution in [2.24, 2.45) is 0 Å². The van der Waals surface area contributed by atoms with Crippen molar-refractivity contribution >= 4 is 11.8 Å². The number of alkyl halides is 3. The molecule has 0 amide bonds. The first kappa shape index (κ1) is 16.3. The number of phenols is 1. The molecule has 0 unspecified atom stereocenters. The Labute approximate surface area is 124 Å². The Balaban J connectivity index is 2.22. The molecule has 2 rings (SSSR count). The van der Waals surface area contributed by atoms with Gasteiger partial charge in [-0.3, -0.25) is 4.79 Å². The van der Waals surface area contributed by atoms with E-state index in [1.165, 1.54) is 0 Å². The van der Waals surface area contributed by atoms with Crippen LogP contribution in [0.25, 0.3) is 0 Å². The van der Waals surface area contributed by atoms with E-state index in [0.717, 1.165) is 12.1 Å². The third-order valence-corrected chi connectivity index (χ3v) is 3.41. The number of aromatic nitrogens is 2. The van der Waals surface area contributed by atoms with Gasteiger partial charge in [0.15, 0.2) is 28.2 Å². The van der Waals surface area contributed by atoms with Gasteiger partial charge in [0.2, 0.25) is 0 Å². The summed E-state index contributed by atoms with van der Waals surface area (Å²) >= 11 is 0.660. The van der Waals surface area contributed by atoms with E-state index in [9.17, 15) is 26.7 Å². The Morgan fingerprint density at radius 1 is 1.18 bits per heavy atom. The predicted molar refractivity (Wildman–Crippen MR) is 67.4 cm³/mol. The molecule has 0 aliphatic heterocycles. The Kier molecular flexibility index (Phi) is 4.40. The fourth-order valence-electron chi connectivity index (χ4n) is 1.50. The lowest BCUT2D eigenvalue weighted by molar-refractivity contribution is -0.141. The third-order valence-electron chi connectivity index (χ3n) is 2.46. The minimum Gasteiger partial charge on any atom is -0.503 e. The lowest BCUT2D eigenvalue weighted by Crippen LogP contribution is -2.16. The molecule has 0 spiro atoms. The number of thioether (sulfide) groups is 1. The van der Waals surface area contributed by atoms with Gasteiger partial charge >= 0.3 is 6.18 Å². The zero-order valence-electron chi connectivity index (χ0n) is 10.5. The summed E-state index contributed by atoms with van der Waals surface area (Å²) in [6, 6.07) is 1.97. The van der Waals surface area contributed by atoms with Gasteiger partial charge in [-0.05, 0) is 17.7 Å². The summed E-state index contributed by atoms with van der Waals surface area (Å²) in [7, 11) is 0. The number of benzene rings is 1. The molecule has 1 aromatic heterocycles. The molecule has 0 radical (unpaired) electrons. The molecule has 1 aromatic carbocycles. The Hall–Kier alpha value is -2.10. The van der Waals surface area contributed by atoms with Gasteiger partial charge in [-0.1, -0.05) is 11.8 Å². The van der Waals surface area contributed by atoms with Crippen LogP contribution < -0.4 is 5.56 Å². The van der Waals surface area contributed by atoms with Crippen molar-refractivity contribution in [3.63, 3.8) is 0 Å². The highest BCUT2D eigenvalue weighted by molar-refractivity contribution is 7.98. The topological polar surface area (TPSA) is 66.0 Å². The van der Waals surface area contributed by atoms with E-state index < -0.39 is 34.8 Å². The molecule has 0 atom stereocenters. The maximum atomic E-state index is 13.1. The highest BCUT2D eigenvalue weighted by Crippen LogP contribution is 2.29. The lowest BCUT2D eigenvalue weighted by atomic mass is 10.2. The van der Waals surface area contributed by atoms with Gasteiger partial charge in [0.05, 0.1) is 0 Å². The van der Waals surface area contributed by atoms with Gasteiger partial charge < -0.3 is 10.1 Å². The molecule has 10 heteroatoms. The molecule has 118 valence electrons. The Morgan fingerprint density at radius 3 is 2.32 bits per heavy atom. The summed E-state index contributed by atoms with van der Waals surface area (Å²) in [5.41, 5.74) is -2.28. The van der Waals surface area contributed by atoms with Crippen LogP contribution in [0, 0.1) is 11.6 Å². The second-order valence-corrected chi connectivity index (χ2v) is 5.09. The molecular weight excluding hydrogens is 331 g/mol. The number of aromatic amines is 1. The standard InChI is InChI=1S/C12H7F5N2O2S/c13-6-1-5(2-7(14)10(6)21)4-22-11-18-8(12(15,16)17)3-9(20)19-11/h1-3,21H,4H2,(H,18,19,20). The Bertz CT molecular complexity index is 737. The van der Waals surface area contributed by atoms with Crippen molar-refractivity contribution in [2.45, 2.75) is 17.1 Å². The Morgan fingerprint density at radius 2 is 1.77 bits per heavy atom. The summed E-state index contributed by atoms with van der Waals surface area (Å²) in [6.45, 7) is 0. The summed E-state index contributed by atoms with van der Waals surface area (Å²) in [6.07, 6.45) is -4.78. The van der Waals surface area contributed by atoms with Crippen molar-refractivity contribution in [1.82, 2.24) is 9.97 Å². The number of aromatic hydroxyl groups is 1. The maximum Gasteiger partial charge on any atom is 0.433 e. The van der Waals surface area contributed by atoms with Crippen LogP contribution in [0.5, 0.6) is 5.75 Å². The molecule has 4 nitrogen and oxygen atoms in total. The number of hydrogen-bond acceptors (Lipinski definition) is 4. The van der Waals surface area contributed by atoms with Gasteiger partial charge in [0.1, 0.15) is 0 Å². The first-order chi connectivity index (χ1) is 10.2. The van der Waals surface area contributed by atoms with Gasteiger partial charge in [0.25, 0.3) is 5.56 Å². The van der Waals surface area contributed by atoms with Gasteiger partial charge in [-0.15, -0.1) is 0 Å². The highest BCUT2D eigenvalue weighted by atomic mass is 32.2. The smallest absolute Gasteiger partial charge is 0.433 e. The van der Waals surface area contributed by atoms with Crippen LogP contribution in [0.3, 0.4) is 0 Å². The zero-order chi connectivity index (χ0) is 16.5. The number of nitrogens with zero attached hydrogens (tertiary/aromatic N) is 1. The van der Waals surface area contributed by atoms with Crippen LogP contribution in [0.15, 0.2) is 28.2 Å². The van der Waals surface area contributed by atoms with Gasteiger partial charge in [-0.25, -0.2) is 13.8 Å².